The van der Waals surface area contributed by atoms with Gasteiger partial charge in [-0.2, -0.15) is 0 Å². The van der Waals surface area contributed by atoms with Crippen molar-refractivity contribution >= 4 is 11.9 Å². The number of nitrogens with one attached hydrogen (secondary N) is 3. The zero-order chi connectivity index (χ0) is 16.4. The predicted octanol–water partition coefficient (Wildman–Crippen LogP) is 2.28. The quantitative estimate of drug-likeness (QED) is 0.476. The lowest BCUT2D eigenvalue weighted by Gasteiger charge is -2.31. The summed E-state index contributed by atoms with van der Waals surface area (Å²) in [5, 5.41) is 9.47. The Hall–Kier alpha value is -1.26. The van der Waals surface area contributed by atoms with Crippen molar-refractivity contribution in [2.24, 2.45) is 16.3 Å². The van der Waals surface area contributed by atoms with Gasteiger partial charge in [-0.1, -0.05) is 26.7 Å². The first-order chi connectivity index (χ1) is 10.5. The zero-order valence-electron chi connectivity index (χ0n) is 14.8. The molecule has 0 atom stereocenters. The van der Waals surface area contributed by atoms with Gasteiger partial charge in [-0.25, -0.2) is 4.99 Å². The maximum Gasteiger partial charge on any atom is 0.241 e. The van der Waals surface area contributed by atoms with E-state index in [1.165, 1.54) is 32.1 Å². The molecule has 1 amide bonds. The highest BCUT2D eigenvalue weighted by Gasteiger charge is 2.34. The number of likely N-dealkylation sites (N-methyl/N-ethyl adjacent to an activating group) is 1. The number of hydrogen-bond acceptors (Lipinski definition) is 2. The number of guanidine groups is 1. The Morgan fingerprint density at radius 3 is 2.27 bits per heavy atom. The molecule has 0 bridgehead atoms. The van der Waals surface area contributed by atoms with Gasteiger partial charge >= 0.3 is 0 Å². The molecule has 128 valence electrons. The minimum Gasteiger partial charge on any atom is -0.357 e. The highest BCUT2D eigenvalue weighted by atomic mass is 16.1. The molecule has 0 heterocycles. The van der Waals surface area contributed by atoms with Crippen molar-refractivity contribution in [1.82, 2.24) is 16.0 Å². The number of nitrogens with zero attached hydrogens (tertiary/aromatic N) is 1. The van der Waals surface area contributed by atoms with E-state index in [0.717, 1.165) is 25.0 Å². The first-order valence-corrected chi connectivity index (χ1v) is 8.80. The van der Waals surface area contributed by atoms with E-state index in [0.29, 0.717) is 12.0 Å². The molecule has 5 nitrogen and oxygen atoms in total. The molecule has 1 fully saturated rings. The van der Waals surface area contributed by atoms with Crippen LogP contribution in [0.2, 0.25) is 0 Å². The maximum atomic E-state index is 11.5. The molecule has 0 aromatic carbocycles. The molecule has 0 aliphatic heterocycles. The van der Waals surface area contributed by atoms with Gasteiger partial charge in [0, 0.05) is 19.6 Å². The van der Waals surface area contributed by atoms with E-state index in [1.54, 1.807) is 0 Å². The molecule has 0 radical (unpaired) electrons. The van der Waals surface area contributed by atoms with Gasteiger partial charge in [0.25, 0.3) is 0 Å². The Labute approximate surface area is 135 Å². The monoisotopic (exact) mass is 310 g/mol. The fourth-order valence-corrected chi connectivity index (χ4v) is 3.46. The van der Waals surface area contributed by atoms with Crippen molar-refractivity contribution in [3.8, 4) is 0 Å². The number of rotatable bonds is 8. The van der Waals surface area contributed by atoms with E-state index in [1.807, 2.05) is 13.8 Å². The molecule has 0 spiro atoms. The van der Waals surface area contributed by atoms with Crippen LogP contribution < -0.4 is 16.0 Å². The Kier molecular flexibility index (Phi) is 8.28. The van der Waals surface area contributed by atoms with Gasteiger partial charge in [-0.05, 0) is 44.4 Å². The summed E-state index contributed by atoms with van der Waals surface area (Å²) in [5.74, 6) is 1.44. The summed E-state index contributed by atoms with van der Waals surface area (Å²) in [7, 11) is 0. The second kappa shape index (κ2) is 9.70. The SMILES string of the molecule is CCNC(=O)CN=C(NCC)NCC1(CC(C)C)CCCC1. The summed E-state index contributed by atoms with van der Waals surface area (Å²) in [6.45, 7) is 11.1. The van der Waals surface area contributed by atoms with Crippen molar-refractivity contribution in [3.63, 3.8) is 0 Å². The first-order valence-electron chi connectivity index (χ1n) is 8.80. The normalized spacial score (nSPS) is 17.6. The van der Waals surface area contributed by atoms with Crippen LogP contribution in [0.3, 0.4) is 0 Å². The summed E-state index contributed by atoms with van der Waals surface area (Å²) in [5.41, 5.74) is 0.399. The van der Waals surface area contributed by atoms with Crippen LogP contribution in [0.15, 0.2) is 4.99 Å². The molecule has 0 aromatic heterocycles. The number of aliphatic imine (C=N–C) groups is 1. The van der Waals surface area contributed by atoms with Crippen LogP contribution in [0.4, 0.5) is 0 Å². The standard InChI is InChI=1S/C17H34N4O/c1-5-18-15(22)12-20-16(19-6-2)21-13-17(11-14(3)4)9-7-8-10-17/h14H,5-13H2,1-4H3,(H,18,22)(H2,19,20,21). The van der Waals surface area contributed by atoms with Gasteiger partial charge in [-0.3, -0.25) is 4.79 Å². The molecule has 1 saturated carbocycles. The number of amides is 1. The highest BCUT2D eigenvalue weighted by Crippen LogP contribution is 2.42. The predicted molar refractivity (Wildman–Crippen MR) is 93.0 cm³/mol. The van der Waals surface area contributed by atoms with Gasteiger partial charge in [0.1, 0.15) is 6.54 Å². The summed E-state index contributed by atoms with van der Waals surface area (Å²) in [6, 6.07) is 0. The van der Waals surface area contributed by atoms with E-state index in [-0.39, 0.29) is 12.5 Å². The van der Waals surface area contributed by atoms with Crippen molar-refractivity contribution in [1.29, 1.82) is 0 Å². The molecule has 1 aliphatic rings. The van der Waals surface area contributed by atoms with Crippen molar-refractivity contribution in [2.75, 3.05) is 26.2 Å². The van der Waals surface area contributed by atoms with Gasteiger partial charge in [0.05, 0.1) is 0 Å². The van der Waals surface area contributed by atoms with Crippen LogP contribution in [0, 0.1) is 11.3 Å². The molecule has 0 unspecified atom stereocenters. The van der Waals surface area contributed by atoms with Gasteiger partial charge in [-0.15, -0.1) is 0 Å². The summed E-state index contributed by atoms with van der Waals surface area (Å²) >= 11 is 0. The molecular formula is C17H34N4O. The lowest BCUT2D eigenvalue weighted by atomic mass is 9.78. The van der Waals surface area contributed by atoms with Crippen LogP contribution in [0.25, 0.3) is 0 Å². The van der Waals surface area contributed by atoms with E-state index in [9.17, 15) is 4.79 Å². The number of carbonyl (C=O) groups excluding carboxylic acids is 1. The van der Waals surface area contributed by atoms with Gasteiger partial charge in [0.15, 0.2) is 5.96 Å². The van der Waals surface area contributed by atoms with Crippen molar-refractivity contribution < 1.29 is 4.79 Å². The maximum absolute atomic E-state index is 11.5. The van der Waals surface area contributed by atoms with Crippen LogP contribution in [0.5, 0.6) is 0 Å². The first kappa shape index (κ1) is 18.8. The lowest BCUT2D eigenvalue weighted by molar-refractivity contribution is -0.119. The highest BCUT2D eigenvalue weighted by molar-refractivity contribution is 5.84. The van der Waals surface area contributed by atoms with E-state index < -0.39 is 0 Å². The fraction of sp³-hybridized carbons (Fsp3) is 0.882. The summed E-state index contributed by atoms with van der Waals surface area (Å²) in [4.78, 5) is 15.9. The third kappa shape index (κ3) is 6.67. The largest absolute Gasteiger partial charge is 0.357 e. The van der Waals surface area contributed by atoms with E-state index >= 15 is 0 Å². The molecule has 0 aromatic rings. The van der Waals surface area contributed by atoms with Crippen LogP contribution in [-0.2, 0) is 4.79 Å². The third-order valence-corrected chi connectivity index (χ3v) is 4.24. The number of hydrogen-bond donors (Lipinski definition) is 3. The Morgan fingerprint density at radius 1 is 1.09 bits per heavy atom. The molecule has 1 rings (SSSR count). The zero-order valence-corrected chi connectivity index (χ0v) is 14.8. The molecule has 0 saturated heterocycles. The Bertz CT molecular complexity index is 360. The Balaban J connectivity index is 2.57. The van der Waals surface area contributed by atoms with Crippen LogP contribution in [-0.4, -0.2) is 38.0 Å². The lowest BCUT2D eigenvalue weighted by Crippen LogP contribution is -2.44. The second-order valence-corrected chi connectivity index (χ2v) is 6.81. The molecular weight excluding hydrogens is 276 g/mol. The molecule has 1 aliphatic carbocycles. The molecule has 3 N–H and O–H groups in total. The Morgan fingerprint density at radius 2 is 1.73 bits per heavy atom. The minimum absolute atomic E-state index is 0.0301. The van der Waals surface area contributed by atoms with Crippen LogP contribution in [0.1, 0.15) is 59.8 Å². The van der Waals surface area contributed by atoms with Crippen molar-refractivity contribution in [3.05, 3.63) is 0 Å². The number of carbonyl (C=O) groups is 1. The van der Waals surface area contributed by atoms with Crippen molar-refractivity contribution in [2.45, 2.75) is 59.8 Å². The summed E-state index contributed by atoms with van der Waals surface area (Å²) < 4.78 is 0. The van der Waals surface area contributed by atoms with E-state index in [2.05, 4.69) is 34.8 Å². The summed E-state index contributed by atoms with van der Waals surface area (Å²) in [6.07, 6.45) is 6.53. The minimum atomic E-state index is -0.0301. The average molecular weight is 310 g/mol. The van der Waals surface area contributed by atoms with Gasteiger partial charge < -0.3 is 16.0 Å². The second-order valence-electron chi connectivity index (χ2n) is 6.81. The topological polar surface area (TPSA) is 65.5 Å². The average Bonchev–Trinajstić information content (AvgIpc) is 2.90. The molecule has 5 heteroatoms. The smallest absolute Gasteiger partial charge is 0.241 e. The molecule has 22 heavy (non-hydrogen) atoms. The van der Waals surface area contributed by atoms with E-state index in [4.69, 9.17) is 0 Å². The fourth-order valence-electron chi connectivity index (χ4n) is 3.46. The van der Waals surface area contributed by atoms with Crippen LogP contribution >= 0.6 is 0 Å². The third-order valence-electron chi connectivity index (χ3n) is 4.24. The van der Waals surface area contributed by atoms with Gasteiger partial charge in [0.2, 0.25) is 5.91 Å².